The van der Waals surface area contributed by atoms with Crippen molar-refractivity contribution in [3.8, 4) is 27.6 Å². The van der Waals surface area contributed by atoms with E-state index in [4.69, 9.17) is 9.72 Å². The quantitative estimate of drug-likeness (QED) is 0.470. The summed E-state index contributed by atoms with van der Waals surface area (Å²) in [5.74, 6) is 0.535. The van der Waals surface area contributed by atoms with Crippen LogP contribution in [0.1, 0.15) is 15.9 Å². The maximum absolute atomic E-state index is 12.4. The fourth-order valence-corrected chi connectivity index (χ4v) is 3.84. The molecule has 0 fully saturated rings. The van der Waals surface area contributed by atoms with Crippen LogP contribution in [-0.4, -0.2) is 18.0 Å². The van der Waals surface area contributed by atoms with Gasteiger partial charge in [0.2, 0.25) is 0 Å². The van der Waals surface area contributed by atoms with Crippen molar-refractivity contribution >= 4 is 17.2 Å². The predicted molar refractivity (Wildman–Crippen MR) is 117 cm³/mol. The second-order valence-electron chi connectivity index (χ2n) is 6.52. The minimum absolute atomic E-state index is 0.130. The van der Waals surface area contributed by atoms with E-state index in [0.29, 0.717) is 17.9 Å². The highest BCUT2D eigenvalue weighted by Gasteiger charge is 2.09. The summed E-state index contributed by atoms with van der Waals surface area (Å²) in [5, 5.41) is 6.00. The first-order chi connectivity index (χ1) is 14.2. The van der Waals surface area contributed by atoms with Crippen LogP contribution in [0, 0.1) is 0 Å². The molecule has 0 radical (unpaired) electrons. The van der Waals surface area contributed by atoms with Gasteiger partial charge >= 0.3 is 0 Å². The smallest absolute Gasteiger partial charge is 0.251 e. The van der Waals surface area contributed by atoms with Crippen molar-refractivity contribution in [2.75, 3.05) is 7.11 Å². The van der Waals surface area contributed by atoms with Crippen molar-refractivity contribution in [2.45, 2.75) is 6.54 Å². The maximum Gasteiger partial charge on any atom is 0.251 e. The van der Waals surface area contributed by atoms with E-state index in [2.05, 4.69) is 28.9 Å². The highest BCUT2D eigenvalue weighted by molar-refractivity contribution is 7.13. The first-order valence-electron chi connectivity index (χ1n) is 9.25. The van der Waals surface area contributed by atoms with Crippen molar-refractivity contribution in [1.29, 1.82) is 0 Å². The van der Waals surface area contributed by atoms with Crippen LogP contribution in [0.25, 0.3) is 21.8 Å². The Morgan fingerprint density at radius 3 is 2.59 bits per heavy atom. The molecular formula is C24H20N2O2S. The highest BCUT2D eigenvalue weighted by Crippen LogP contribution is 2.29. The fraction of sp³-hybridized carbons (Fsp3) is 0.0833. The Morgan fingerprint density at radius 2 is 1.76 bits per heavy atom. The topological polar surface area (TPSA) is 51.2 Å². The lowest BCUT2D eigenvalue weighted by Crippen LogP contribution is -2.22. The summed E-state index contributed by atoms with van der Waals surface area (Å²) in [6.07, 6.45) is 0. The number of nitrogens with zero attached hydrogens (tertiary/aromatic N) is 1. The molecule has 3 aromatic carbocycles. The van der Waals surface area contributed by atoms with E-state index < -0.39 is 0 Å². The van der Waals surface area contributed by atoms with Gasteiger partial charge in [-0.05, 0) is 29.8 Å². The Morgan fingerprint density at radius 1 is 0.966 bits per heavy atom. The molecule has 0 aliphatic carbocycles. The van der Waals surface area contributed by atoms with Crippen LogP contribution in [-0.2, 0) is 6.54 Å². The van der Waals surface area contributed by atoms with Gasteiger partial charge in [0.05, 0.1) is 12.8 Å². The summed E-state index contributed by atoms with van der Waals surface area (Å²) in [7, 11) is 1.59. The van der Waals surface area contributed by atoms with Gasteiger partial charge in [-0.1, -0.05) is 54.6 Å². The van der Waals surface area contributed by atoms with Gasteiger partial charge < -0.3 is 10.1 Å². The molecule has 1 amide bonds. The fourth-order valence-electron chi connectivity index (χ4n) is 3.01. The molecule has 0 bridgehead atoms. The number of nitrogens with one attached hydrogen (secondary N) is 1. The third-order valence-electron chi connectivity index (χ3n) is 4.53. The summed E-state index contributed by atoms with van der Waals surface area (Å²) < 4.78 is 5.18. The number of hydrogen-bond acceptors (Lipinski definition) is 4. The Bertz CT molecular complexity index is 1120. The lowest BCUT2D eigenvalue weighted by molar-refractivity contribution is 0.0950. The lowest BCUT2D eigenvalue weighted by Gasteiger charge is -2.08. The van der Waals surface area contributed by atoms with E-state index in [0.717, 1.165) is 27.4 Å². The van der Waals surface area contributed by atoms with Crippen LogP contribution in [0.15, 0.2) is 84.2 Å². The number of carbonyl (C=O) groups excluding carboxylic acids is 1. The molecule has 1 aromatic heterocycles. The number of thiazole rings is 1. The van der Waals surface area contributed by atoms with Crippen molar-refractivity contribution in [3.63, 3.8) is 0 Å². The molecule has 4 aromatic rings. The van der Waals surface area contributed by atoms with Crippen LogP contribution in [0.3, 0.4) is 0 Å². The molecular weight excluding hydrogens is 380 g/mol. The summed E-state index contributed by atoms with van der Waals surface area (Å²) in [6, 6.07) is 25.4. The number of rotatable bonds is 6. The summed E-state index contributed by atoms with van der Waals surface area (Å²) in [4.78, 5) is 17.2. The van der Waals surface area contributed by atoms with Gasteiger partial charge in [0.25, 0.3) is 5.91 Å². The first kappa shape index (κ1) is 18.9. The van der Waals surface area contributed by atoms with Crippen molar-refractivity contribution in [3.05, 3.63) is 95.4 Å². The Labute approximate surface area is 173 Å². The van der Waals surface area contributed by atoms with E-state index in [1.54, 1.807) is 36.6 Å². The highest BCUT2D eigenvalue weighted by atomic mass is 32.1. The lowest BCUT2D eigenvalue weighted by atomic mass is 10.1. The number of amides is 1. The molecule has 144 valence electrons. The van der Waals surface area contributed by atoms with Crippen LogP contribution >= 0.6 is 11.3 Å². The van der Waals surface area contributed by atoms with Gasteiger partial charge in [0.15, 0.2) is 0 Å². The van der Waals surface area contributed by atoms with Gasteiger partial charge in [-0.3, -0.25) is 4.79 Å². The number of hydrogen-bond donors (Lipinski definition) is 1. The molecule has 0 unspecified atom stereocenters. The summed E-state index contributed by atoms with van der Waals surface area (Å²) in [6.45, 7) is 0.445. The molecule has 1 N–H and O–H groups in total. The average Bonchev–Trinajstić information content (AvgIpc) is 3.29. The molecule has 4 nitrogen and oxygen atoms in total. The van der Waals surface area contributed by atoms with Gasteiger partial charge in [-0.2, -0.15) is 0 Å². The van der Waals surface area contributed by atoms with E-state index >= 15 is 0 Å². The zero-order valence-electron chi connectivity index (χ0n) is 16.0. The Hall–Kier alpha value is -3.44. The van der Waals surface area contributed by atoms with Crippen LogP contribution in [0.4, 0.5) is 0 Å². The minimum atomic E-state index is -0.130. The van der Waals surface area contributed by atoms with Crippen LogP contribution in [0.5, 0.6) is 5.75 Å². The number of benzene rings is 3. The van der Waals surface area contributed by atoms with Crippen molar-refractivity contribution in [1.82, 2.24) is 10.3 Å². The molecule has 29 heavy (non-hydrogen) atoms. The molecule has 1 heterocycles. The molecule has 0 spiro atoms. The largest absolute Gasteiger partial charge is 0.497 e. The molecule has 0 aliphatic rings. The maximum atomic E-state index is 12.4. The molecule has 5 heteroatoms. The predicted octanol–water partition coefficient (Wildman–Crippen LogP) is 5.42. The summed E-state index contributed by atoms with van der Waals surface area (Å²) >= 11 is 1.62. The zero-order valence-corrected chi connectivity index (χ0v) is 16.8. The third-order valence-corrected chi connectivity index (χ3v) is 5.42. The van der Waals surface area contributed by atoms with E-state index in [1.807, 2.05) is 42.5 Å². The normalized spacial score (nSPS) is 10.5. The minimum Gasteiger partial charge on any atom is -0.497 e. The van der Waals surface area contributed by atoms with E-state index in [-0.39, 0.29) is 5.91 Å². The third kappa shape index (κ3) is 4.52. The standard InChI is InChI=1S/C24H20N2O2S/c1-28-21-12-6-10-19(14-21)23(27)25-15-17-7-5-11-20(13-17)24-26-22(16-29-24)18-8-3-2-4-9-18/h2-14,16H,15H2,1H3,(H,25,27). The first-order valence-corrected chi connectivity index (χ1v) is 10.1. The molecule has 0 atom stereocenters. The molecule has 0 saturated heterocycles. The monoisotopic (exact) mass is 400 g/mol. The second kappa shape index (κ2) is 8.71. The number of aromatic nitrogens is 1. The van der Waals surface area contributed by atoms with Gasteiger partial charge in [0, 0.05) is 28.6 Å². The second-order valence-corrected chi connectivity index (χ2v) is 7.38. The van der Waals surface area contributed by atoms with Gasteiger partial charge in [0.1, 0.15) is 10.8 Å². The van der Waals surface area contributed by atoms with Crippen LogP contribution in [0.2, 0.25) is 0 Å². The number of carbonyl (C=O) groups is 1. The zero-order chi connectivity index (χ0) is 20.1. The van der Waals surface area contributed by atoms with E-state index in [9.17, 15) is 4.79 Å². The Balaban J connectivity index is 1.46. The summed E-state index contributed by atoms with van der Waals surface area (Å²) in [5.41, 5.74) is 4.73. The number of ether oxygens (including phenoxy) is 1. The molecule has 0 aliphatic heterocycles. The Kier molecular flexibility index (Phi) is 5.68. The van der Waals surface area contributed by atoms with Crippen molar-refractivity contribution in [2.24, 2.45) is 0 Å². The molecule has 0 saturated carbocycles. The van der Waals surface area contributed by atoms with Crippen LogP contribution < -0.4 is 10.1 Å². The molecule has 4 rings (SSSR count). The van der Waals surface area contributed by atoms with Gasteiger partial charge in [-0.15, -0.1) is 11.3 Å². The van der Waals surface area contributed by atoms with E-state index in [1.165, 1.54) is 0 Å². The average molecular weight is 401 g/mol. The van der Waals surface area contributed by atoms with Crippen molar-refractivity contribution < 1.29 is 9.53 Å². The number of methoxy groups -OCH3 is 1. The SMILES string of the molecule is COc1cccc(C(=O)NCc2cccc(-c3nc(-c4ccccc4)cs3)c2)c1. The van der Waals surface area contributed by atoms with Gasteiger partial charge in [-0.25, -0.2) is 4.98 Å².